The number of thioether (sulfide) groups is 1. The van der Waals surface area contributed by atoms with Gasteiger partial charge in [0.25, 0.3) is 0 Å². The molecule has 0 radical (unpaired) electrons. The van der Waals surface area contributed by atoms with Gasteiger partial charge in [-0.3, -0.25) is 0 Å². The maximum atomic E-state index is 2.60. The van der Waals surface area contributed by atoms with Crippen LogP contribution in [0.25, 0.3) is 34.9 Å². The second kappa shape index (κ2) is 10.7. The van der Waals surface area contributed by atoms with Gasteiger partial charge in [0.05, 0.1) is 0 Å². The first-order valence-electron chi connectivity index (χ1n) is 15.2. The topological polar surface area (TPSA) is 0 Å². The van der Waals surface area contributed by atoms with E-state index in [1.165, 1.54) is 69.5 Å². The molecule has 4 aliphatic carbocycles. The molecule has 3 unspecified atom stereocenters. The quantitative estimate of drug-likeness (QED) is 0.357. The zero-order valence-corrected chi connectivity index (χ0v) is 24.3. The van der Waals surface area contributed by atoms with E-state index in [1.54, 1.807) is 10.5 Å². The Morgan fingerprint density at radius 1 is 0.846 bits per heavy atom. The van der Waals surface area contributed by atoms with E-state index in [2.05, 4.69) is 111 Å². The molecule has 1 heteroatoms. The van der Waals surface area contributed by atoms with Crippen molar-refractivity contribution in [3.05, 3.63) is 104 Å². The Morgan fingerprint density at radius 3 is 2.51 bits per heavy atom. The predicted molar refractivity (Wildman–Crippen MR) is 172 cm³/mol. The Hall–Kier alpha value is -2.77. The summed E-state index contributed by atoms with van der Waals surface area (Å²) in [5, 5.41) is 3.71. The van der Waals surface area contributed by atoms with Gasteiger partial charge in [0.15, 0.2) is 0 Å². The number of aryl methyl sites for hydroxylation is 1. The van der Waals surface area contributed by atoms with Crippen LogP contribution in [0.5, 0.6) is 0 Å². The van der Waals surface area contributed by atoms with E-state index in [9.17, 15) is 0 Å². The summed E-state index contributed by atoms with van der Waals surface area (Å²) in [6.45, 7) is 4.66. The van der Waals surface area contributed by atoms with Gasteiger partial charge in [-0.15, -0.1) is 11.8 Å². The molecule has 0 saturated carbocycles. The molecule has 0 fully saturated rings. The summed E-state index contributed by atoms with van der Waals surface area (Å²) in [5.41, 5.74) is 10.1. The fourth-order valence-corrected chi connectivity index (χ4v) is 9.19. The molecule has 1 aliphatic heterocycles. The van der Waals surface area contributed by atoms with Crippen LogP contribution in [-0.4, -0.2) is 5.25 Å². The van der Waals surface area contributed by atoms with Crippen LogP contribution in [0.1, 0.15) is 74.1 Å². The summed E-state index contributed by atoms with van der Waals surface area (Å²) in [4.78, 5) is 1.62. The van der Waals surface area contributed by atoms with Crippen molar-refractivity contribution < 1.29 is 0 Å². The van der Waals surface area contributed by atoms with Crippen molar-refractivity contribution in [2.75, 3.05) is 0 Å². The van der Waals surface area contributed by atoms with Crippen molar-refractivity contribution >= 4 is 35.6 Å². The summed E-state index contributed by atoms with van der Waals surface area (Å²) in [6.07, 6.45) is 34.5. The number of allylic oxidation sites excluding steroid dienone is 9. The minimum atomic E-state index is 0.517. The van der Waals surface area contributed by atoms with Crippen LogP contribution in [0.3, 0.4) is 0 Å². The number of hydrogen-bond acceptors (Lipinski definition) is 1. The Bertz CT molecular complexity index is 1570. The lowest BCUT2D eigenvalue weighted by Gasteiger charge is -2.29. The van der Waals surface area contributed by atoms with Crippen LogP contribution in [0, 0.1) is 24.7 Å². The van der Waals surface area contributed by atoms with E-state index < -0.39 is 0 Å². The molecule has 2 aromatic rings. The third-order valence-corrected chi connectivity index (χ3v) is 11.1. The molecule has 0 saturated heterocycles. The van der Waals surface area contributed by atoms with Crippen molar-refractivity contribution in [3.63, 3.8) is 0 Å². The summed E-state index contributed by atoms with van der Waals surface area (Å²) in [6, 6.07) is 9.11. The molecule has 39 heavy (non-hydrogen) atoms. The van der Waals surface area contributed by atoms with Gasteiger partial charge in [-0.25, -0.2) is 0 Å². The van der Waals surface area contributed by atoms with Gasteiger partial charge in [0.1, 0.15) is 0 Å². The normalized spacial score (nSPS) is 27.2. The van der Waals surface area contributed by atoms with Gasteiger partial charge in [0.2, 0.25) is 0 Å². The molecule has 0 amide bonds. The molecule has 198 valence electrons. The molecule has 0 spiro atoms. The Balaban J connectivity index is 1.27. The minimum Gasteiger partial charge on any atom is -0.126 e. The second-order valence-electron chi connectivity index (χ2n) is 12.2. The smallest absolute Gasteiger partial charge is 0.0157 e. The minimum absolute atomic E-state index is 0.517. The molecular weight excluding hydrogens is 488 g/mol. The van der Waals surface area contributed by atoms with Crippen molar-refractivity contribution in [2.24, 2.45) is 17.8 Å². The highest BCUT2D eigenvalue weighted by molar-refractivity contribution is 8.03. The van der Waals surface area contributed by atoms with Crippen LogP contribution in [0.15, 0.2) is 71.7 Å². The van der Waals surface area contributed by atoms with Crippen LogP contribution < -0.4 is 10.4 Å². The van der Waals surface area contributed by atoms with E-state index >= 15 is 0 Å². The van der Waals surface area contributed by atoms with E-state index in [-0.39, 0.29) is 0 Å². The van der Waals surface area contributed by atoms with E-state index in [1.807, 2.05) is 0 Å². The second-order valence-corrected chi connectivity index (χ2v) is 13.5. The number of fused-ring (bicyclic) bond motifs is 2. The van der Waals surface area contributed by atoms with Crippen LogP contribution in [0.2, 0.25) is 0 Å². The van der Waals surface area contributed by atoms with Crippen molar-refractivity contribution in [1.82, 2.24) is 0 Å². The highest BCUT2D eigenvalue weighted by Crippen LogP contribution is 2.47. The molecule has 1 heterocycles. The van der Waals surface area contributed by atoms with Crippen LogP contribution >= 0.6 is 11.8 Å². The van der Waals surface area contributed by atoms with Crippen molar-refractivity contribution in [1.29, 1.82) is 0 Å². The molecular formula is C38H40S. The van der Waals surface area contributed by atoms with E-state index in [4.69, 9.17) is 0 Å². The molecule has 0 nitrogen and oxygen atoms in total. The fraction of sp³-hybridized carbons (Fsp3) is 0.368. The molecule has 5 aliphatic rings. The molecule has 2 aromatic carbocycles. The van der Waals surface area contributed by atoms with Gasteiger partial charge in [-0.2, -0.15) is 0 Å². The predicted octanol–water partition coefficient (Wildman–Crippen LogP) is 8.93. The molecule has 7 rings (SSSR count). The SMILES string of the molecule is Cc1cccc(-c2c3c(c(C4=C[C@H](C)C(C5=CCC(C6CC=CCC6)S5)C=C4)c4c2=CCCC=4)CCC=C3)c1. The Kier molecular flexibility index (Phi) is 6.89. The monoisotopic (exact) mass is 528 g/mol. The van der Waals surface area contributed by atoms with Gasteiger partial charge in [0, 0.05) is 11.2 Å². The Labute approximate surface area is 238 Å². The standard InChI is InChI=1S/C38H40S/c1-25-11-10-14-28(23-25)37-31-15-6-8-17-33(31)38(34-18-9-7-16-32(34)37)29-19-20-30(26(2)24-29)36-22-21-35(39-36)27-12-4-3-5-13-27/h3-4,6,10-11,14-16,18-20,22-24,26-27,30,35H,5,7-9,12-13,17,21H2,1-2H3/t26-,27?,30?,35?/m0/s1. The van der Waals surface area contributed by atoms with Gasteiger partial charge < -0.3 is 0 Å². The lowest BCUT2D eigenvalue weighted by molar-refractivity contribution is 0.464. The van der Waals surface area contributed by atoms with Crippen LogP contribution in [-0.2, 0) is 6.42 Å². The molecule has 0 bridgehead atoms. The zero-order chi connectivity index (χ0) is 26.3. The first kappa shape index (κ1) is 25.2. The average molecular weight is 529 g/mol. The van der Waals surface area contributed by atoms with Crippen molar-refractivity contribution in [3.8, 4) is 11.1 Å². The largest absolute Gasteiger partial charge is 0.126 e. The zero-order valence-electron chi connectivity index (χ0n) is 23.5. The highest BCUT2D eigenvalue weighted by Gasteiger charge is 2.32. The van der Waals surface area contributed by atoms with Gasteiger partial charge >= 0.3 is 0 Å². The summed E-state index contributed by atoms with van der Waals surface area (Å²) in [5.74, 6) is 1.90. The van der Waals surface area contributed by atoms with E-state index in [0.717, 1.165) is 36.9 Å². The average Bonchev–Trinajstić information content (AvgIpc) is 3.46. The lowest BCUT2D eigenvalue weighted by atomic mass is 9.77. The number of rotatable bonds is 4. The fourth-order valence-electron chi connectivity index (χ4n) is 7.56. The van der Waals surface area contributed by atoms with Gasteiger partial charge in [-0.1, -0.05) is 97.5 Å². The summed E-state index contributed by atoms with van der Waals surface area (Å²) >= 11 is 2.20. The number of hydrogen-bond donors (Lipinski definition) is 0. The third-order valence-electron chi connectivity index (χ3n) is 9.52. The third kappa shape index (κ3) is 4.67. The summed E-state index contributed by atoms with van der Waals surface area (Å²) < 4.78 is 0. The first-order chi connectivity index (χ1) is 19.2. The number of benzene rings is 2. The van der Waals surface area contributed by atoms with Crippen LogP contribution in [0.4, 0.5) is 0 Å². The molecule has 0 N–H and O–H groups in total. The molecule has 4 atom stereocenters. The Morgan fingerprint density at radius 2 is 1.72 bits per heavy atom. The summed E-state index contributed by atoms with van der Waals surface area (Å²) in [7, 11) is 0. The molecule has 0 aromatic heterocycles. The maximum Gasteiger partial charge on any atom is 0.0157 e. The van der Waals surface area contributed by atoms with Gasteiger partial charge in [-0.05, 0) is 119 Å². The first-order valence-corrected chi connectivity index (χ1v) is 16.1. The van der Waals surface area contributed by atoms with Crippen molar-refractivity contribution in [2.45, 2.75) is 70.5 Å². The highest BCUT2D eigenvalue weighted by atomic mass is 32.2. The lowest BCUT2D eigenvalue weighted by Crippen LogP contribution is -2.35. The maximum absolute atomic E-state index is 2.60. The van der Waals surface area contributed by atoms with E-state index in [0.29, 0.717) is 11.8 Å².